The fourth-order valence-electron chi connectivity index (χ4n) is 2.72. The molecule has 0 radical (unpaired) electrons. The molecule has 124 valence electrons. The molecule has 1 aliphatic rings. The van der Waals surface area contributed by atoms with Crippen LogP contribution in [0.2, 0.25) is 0 Å². The van der Waals surface area contributed by atoms with Gasteiger partial charge in [0, 0.05) is 6.07 Å². The van der Waals surface area contributed by atoms with Gasteiger partial charge in [-0.3, -0.25) is 14.9 Å². The minimum Gasteiger partial charge on any atom is -0.462 e. The van der Waals surface area contributed by atoms with Gasteiger partial charge in [0.15, 0.2) is 5.76 Å². The average molecular weight is 336 g/mol. The van der Waals surface area contributed by atoms with Gasteiger partial charge in [-0.15, -0.1) is 0 Å². The Morgan fingerprint density at radius 3 is 2.48 bits per heavy atom. The summed E-state index contributed by atoms with van der Waals surface area (Å²) in [6.45, 7) is 0. The Balaban J connectivity index is 1.67. The summed E-state index contributed by atoms with van der Waals surface area (Å²) >= 11 is 0. The molecule has 7 heteroatoms. The van der Waals surface area contributed by atoms with E-state index in [1.165, 1.54) is 6.07 Å². The largest absolute Gasteiger partial charge is 0.462 e. The molecular weight excluding hydrogens is 324 g/mol. The van der Waals surface area contributed by atoms with Gasteiger partial charge >= 0.3 is 0 Å². The van der Waals surface area contributed by atoms with Gasteiger partial charge in [0.2, 0.25) is 6.23 Å². The number of nitro groups is 1. The molecule has 0 unspecified atom stereocenters. The number of hydrogen-bond donors (Lipinski definition) is 1. The Kier molecular flexibility index (Phi) is 3.46. The SMILES string of the molecule is O=C1N[C@@H](c2ccc(-c3ccccc3[N+](=O)[O-])o2)Oc2ccccc21. The van der Waals surface area contributed by atoms with Crippen molar-refractivity contribution in [3.63, 3.8) is 0 Å². The maximum atomic E-state index is 12.2. The third kappa shape index (κ3) is 2.61. The number of nitrogens with zero attached hydrogens (tertiary/aromatic N) is 1. The Labute approximate surface area is 142 Å². The molecule has 1 aliphatic heterocycles. The highest BCUT2D eigenvalue weighted by molar-refractivity contribution is 5.97. The summed E-state index contributed by atoms with van der Waals surface area (Å²) in [5, 5.41) is 13.9. The zero-order valence-corrected chi connectivity index (χ0v) is 12.8. The van der Waals surface area contributed by atoms with Crippen molar-refractivity contribution in [1.29, 1.82) is 0 Å². The third-order valence-electron chi connectivity index (χ3n) is 3.89. The predicted molar refractivity (Wildman–Crippen MR) is 88.1 cm³/mol. The van der Waals surface area contributed by atoms with Gasteiger partial charge in [0.1, 0.15) is 11.5 Å². The zero-order chi connectivity index (χ0) is 17.4. The maximum absolute atomic E-state index is 12.2. The van der Waals surface area contributed by atoms with E-state index in [0.29, 0.717) is 28.4 Å². The summed E-state index contributed by atoms with van der Waals surface area (Å²) in [5.41, 5.74) is 0.757. The van der Waals surface area contributed by atoms with Gasteiger partial charge < -0.3 is 14.5 Å². The van der Waals surface area contributed by atoms with Crippen molar-refractivity contribution in [2.45, 2.75) is 6.23 Å². The smallest absolute Gasteiger partial charge is 0.280 e. The summed E-state index contributed by atoms with van der Waals surface area (Å²) in [7, 11) is 0. The number of benzene rings is 2. The number of furan rings is 1. The summed E-state index contributed by atoms with van der Waals surface area (Å²) in [5.74, 6) is 0.880. The van der Waals surface area contributed by atoms with Crippen LogP contribution in [0.25, 0.3) is 11.3 Å². The quantitative estimate of drug-likeness (QED) is 0.581. The molecule has 2 aromatic carbocycles. The monoisotopic (exact) mass is 336 g/mol. The summed E-state index contributed by atoms with van der Waals surface area (Å²) in [4.78, 5) is 22.9. The highest BCUT2D eigenvalue weighted by Crippen LogP contribution is 2.34. The summed E-state index contributed by atoms with van der Waals surface area (Å²) in [6.07, 6.45) is -0.793. The second-order valence-electron chi connectivity index (χ2n) is 5.44. The first-order chi connectivity index (χ1) is 12.1. The highest BCUT2D eigenvalue weighted by atomic mass is 16.6. The molecule has 0 spiro atoms. The van der Waals surface area contributed by atoms with Crippen molar-refractivity contribution < 1.29 is 18.9 Å². The number of nitrogens with one attached hydrogen (secondary N) is 1. The van der Waals surface area contributed by atoms with Crippen LogP contribution in [0.15, 0.2) is 65.1 Å². The fraction of sp³-hybridized carbons (Fsp3) is 0.0556. The molecule has 0 aliphatic carbocycles. The van der Waals surface area contributed by atoms with Crippen molar-refractivity contribution in [2.75, 3.05) is 0 Å². The van der Waals surface area contributed by atoms with Gasteiger partial charge in [-0.2, -0.15) is 0 Å². The van der Waals surface area contributed by atoms with Crippen LogP contribution >= 0.6 is 0 Å². The van der Waals surface area contributed by atoms with Crippen molar-refractivity contribution in [1.82, 2.24) is 5.32 Å². The van der Waals surface area contributed by atoms with Crippen molar-refractivity contribution in [3.05, 3.63) is 82.1 Å². The van der Waals surface area contributed by atoms with Gasteiger partial charge in [0.25, 0.3) is 11.6 Å². The van der Waals surface area contributed by atoms with Crippen molar-refractivity contribution in [3.8, 4) is 17.1 Å². The second-order valence-corrected chi connectivity index (χ2v) is 5.44. The minimum atomic E-state index is -0.793. The maximum Gasteiger partial charge on any atom is 0.280 e. The molecule has 0 bridgehead atoms. The van der Waals surface area contributed by atoms with Gasteiger partial charge in [-0.1, -0.05) is 24.3 Å². The molecule has 0 saturated heterocycles. The number of para-hydroxylation sites is 2. The van der Waals surface area contributed by atoms with Crippen LogP contribution in [0.3, 0.4) is 0 Å². The number of amides is 1. The number of nitro benzene ring substituents is 1. The van der Waals surface area contributed by atoms with E-state index in [-0.39, 0.29) is 11.6 Å². The molecule has 1 atom stereocenters. The van der Waals surface area contributed by atoms with Crippen LogP contribution in [0.4, 0.5) is 5.69 Å². The number of fused-ring (bicyclic) bond motifs is 1. The standard InChI is InChI=1S/C18H12N2O5/c21-17-12-6-2-4-8-14(12)25-18(19-17)16-10-9-15(24-16)11-5-1-3-7-13(11)20(22)23/h1-10,18H,(H,19,21)/t18-/m1/s1. The molecule has 2 heterocycles. The number of hydrogen-bond acceptors (Lipinski definition) is 5. The van der Waals surface area contributed by atoms with Gasteiger partial charge in [0.05, 0.1) is 16.1 Å². The molecule has 1 N–H and O–H groups in total. The van der Waals surface area contributed by atoms with Crippen LogP contribution in [0.1, 0.15) is 22.3 Å². The molecule has 1 aromatic heterocycles. The van der Waals surface area contributed by atoms with Crippen LogP contribution in [0, 0.1) is 10.1 Å². The lowest BCUT2D eigenvalue weighted by molar-refractivity contribution is -0.384. The second kappa shape index (κ2) is 5.79. The molecule has 25 heavy (non-hydrogen) atoms. The Morgan fingerprint density at radius 2 is 1.68 bits per heavy atom. The van der Waals surface area contributed by atoms with Crippen molar-refractivity contribution >= 4 is 11.6 Å². The average Bonchev–Trinajstić information content (AvgIpc) is 3.12. The van der Waals surface area contributed by atoms with E-state index in [0.717, 1.165) is 0 Å². The lowest BCUT2D eigenvalue weighted by atomic mass is 10.1. The Morgan fingerprint density at radius 1 is 0.960 bits per heavy atom. The van der Waals surface area contributed by atoms with E-state index in [9.17, 15) is 14.9 Å². The number of carbonyl (C=O) groups excluding carboxylic acids is 1. The van der Waals surface area contributed by atoms with E-state index >= 15 is 0 Å². The van der Waals surface area contributed by atoms with E-state index in [2.05, 4.69) is 5.32 Å². The third-order valence-corrected chi connectivity index (χ3v) is 3.89. The first kappa shape index (κ1) is 14.9. The van der Waals surface area contributed by atoms with Crippen LogP contribution in [0.5, 0.6) is 5.75 Å². The first-order valence-electron chi connectivity index (χ1n) is 7.53. The molecule has 3 aromatic rings. The van der Waals surface area contributed by atoms with Crippen molar-refractivity contribution in [2.24, 2.45) is 0 Å². The fourth-order valence-corrected chi connectivity index (χ4v) is 2.72. The van der Waals surface area contributed by atoms with Gasteiger partial charge in [-0.05, 0) is 30.3 Å². The molecule has 0 fully saturated rings. The molecule has 7 nitrogen and oxygen atoms in total. The topological polar surface area (TPSA) is 94.6 Å². The summed E-state index contributed by atoms with van der Waals surface area (Å²) in [6, 6.07) is 16.4. The van der Waals surface area contributed by atoms with Gasteiger partial charge in [-0.25, -0.2) is 0 Å². The number of rotatable bonds is 3. The van der Waals surface area contributed by atoms with Crippen LogP contribution in [-0.4, -0.2) is 10.8 Å². The Hall–Kier alpha value is -3.61. The number of ether oxygens (including phenoxy) is 1. The predicted octanol–water partition coefficient (Wildman–Crippen LogP) is 3.68. The lowest BCUT2D eigenvalue weighted by Gasteiger charge is -2.25. The summed E-state index contributed by atoms with van der Waals surface area (Å²) < 4.78 is 11.5. The minimum absolute atomic E-state index is 0.0534. The molecular formula is C18H12N2O5. The lowest BCUT2D eigenvalue weighted by Crippen LogP contribution is -2.36. The van der Waals surface area contributed by atoms with Crippen LogP contribution < -0.4 is 10.1 Å². The molecule has 1 amide bonds. The van der Waals surface area contributed by atoms with E-state index in [1.54, 1.807) is 54.6 Å². The molecule has 0 saturated carbocycles. The van der Waals surface area contributed by atoms with E-state index < -0.39 is 11.2 Å². The zero-order valence-electron chi connectivity index (χ0n) is 12.8. The van der Waals surface area contributed by atoms with E-state index in [4.69, 9.17) is 9.15 Å². The molecule has 4 rings (SSSR count). The number of carbonyl (C=O) groups is 1. The van der Waals surface area contributed by atoms with E-state index in [1.807, 2.05) is 0 Å². The van der Waals surface area contributed by atoms with Crippen LogP contribution in [-0.2, 0) is 0 Å². The highest BCUT2D eigenvalue weighted by Gasteiger charge is 2.29. The first-order valence-corrected chi connectivity index (χ1v) is 7.53. The normalized spacial score (nSPS) is 15.8. The Bertz CT molecular complexity index is 979.